The zero-order chi connectivity index (χ0) is 10.0. The Balaban J connectivity index is 0.00000169. The van der Waals surface area contributed by atoms with Gasteiger partial charge < -0.3 is 10.8 Å². The van der Waals surface area contributed by atoms with Gasteiger partial charge >= 0.3 is 0 Å². The largest absolute Gasteiger partial charge is 0.506 e. The Morgan fingerprint density at radius 1 is 1.57 bits per heavy atom. The molecule has 1 aromatic carbocycles. The highest BCUT2D eigenvalue weighted by atomic mass is 79.9. The summed E-state index contributed by atoms with van der Waals surface area (Å²) in [5.74, 6) is 0.00319. The minimum absolute atomic E-state index is 0. The number of phenols is 1. The molecule has 0 aliphatic heterocycles. The number of aromatic hydroxyl groups is 1. The van der Waals surface area contributed by atoms with E-state index in [0.717, 1.165) is 4.47 Å². The van der Waals surface area contributed by atoms with Crippen molar-refractivity contribution < 1.29 is 5.11 Å². The molecule has 0 fully saturated rings. The summed E-state index contributed by atoms with van der Waals surface area (Å²) >= 11 is 9.00. The molecular formula is C9H10BrCl2NO. The Morgan fingerprint density at radius 3 is 2.64 bits per heavy atom. The normalized spacial score (nSPS) is 11.6. The maximum Gasteiger partial charge on any atom is 0.140 e. The Kier molecular flexibility index (Phi) is 5.52. The molecule has 3 N–H and O–H groups in total. The van der Waals surface area contributed by atoms with Crippen LogP contribution >= 0.6 is 39.9 Å². The van der Waals surface area contributed by atoms with Crippen LogP contribution in [0.3, 0.4) is 0 Å². The van der Waals surface area contributed by atoms with E-state index in [4.69, 9.17) is 17.3 Å². The van der Waals surface area contributed by atoms with Gasteiger partial charge in [-0.25, -0.2) is 0 Å². The standard InChI is InChI=1S/C9H9BrClNO.ClH/c1-2-7(12)8-5(10)3-4-6(11)9(8)13;/h2-4,7,13H,1,12H2;1H/t7-;/m0./s1. The molecule has 0 heterocycles. The van der Waals surface area contributed by atoms with Crippen LogP contribution in [0.25, 0.3) is 0 Å². The monoisotopic (exact) mass is 297 g/mol. The third-order valence-corrected chi connectivity index (χ3v) is 2.70. The van der Waals surface area contributed by atoms with Crippen molar-refractivity contribution in [2.24, 2.45) is 5.73 Å². The smallest absolute Gasteiger partial charge is 0.140 e. The number of hydrogen-bond donors (Lipinski definition) is 2. The molecule has 1 aromatic rings. The van der Waals surface area contributed by atoms with Crippen molar-refractivity contribution in [1.29, 1.82) is 0 Å². The van der Waals surface area contributed by atoms with Crippen molar-refractivity contribution in [1.82, 2.24) is 0 Å². The fourth-order valence-electron chi connectivity index (χ4n) is 0.992. The summed E-state index contributed by atoms with van der Waals surface area (Å²) in [6, 6.07) is 2.91. The topological polar surface area (TPSA) is 46.2 Å². The van der Waals surface area contributed by atoms with Crippen LogP contribution < -0.4 is 5.73 Å². The molecule has 0 saturated carbocycles. The first-order valence-electron chi connectivity index (χ1n) is 3.63. The van der Waals surface area contributed by atoms with Crippen LogP contribution in [0.2, 0.25) is 5.02 Å². The van der Waals surface area contributed by atoms with Gasteiger partial charge in [0.15, 0.2) is 0 Å². The lowest BCUT2D eigenvalue weighted by molar-refractivity contribution is 0.465. The van der Waals surface area contributed by atoms with Gasteiger partial charge in [-0.1, -0.05) is 33.6 Å². The third kappa shape index (κ3) is 2.64. The van der Waals surface area contributed by atoms with Crippen LogP contribution in [-0.4, -0.2) is 5.11 Å². The predicted molar refractivity (Wildman–Crippen MR) is 65.2 cm³/mol. The highest BCUT2D eigenvalue weighted by molar-refractivity contribution is 9.10. The Bertz CT molecular complexity index is 344. The van der Waals surface area contributed by atoms with E-state index in [2.05, 4.69) is 22.5 Å². The Labute approximate surface area is 102 Å². The average Bonchev–Trinajstić information content (AvgIpc) is 2.12. The van der Waals surface area contributed by atoms with Gasteiger partial charge in [0, 0.05) is 10.0 Å². The zero-order valence-corrected chi connectivity index (χ0v) is 10.4. The summed E-state index contributed by atoms with van der Waals surface area (Å²) in [6.07, 6.45) is 1.54. The molecule has 0 amide bonds. The minimum Gasteiger partial charge on any atom is -0.506 e. The van der Waals surface area contributed by atoms with E-state index in [1.807, 2.05) is 0 Å². The number of halogens is 3. The van der Waals surface area contributed by atoms with E-state index in [0.29, 0.717) is 5.56 Å². The highest BCUT2D eigenvalue weighted by Gasteiger charge is 2.14. The molecule has 0 aromatic heterocycles. The fourth-order valence-corrected chi connectivity index (χ4v) is 1.74. The molecule has 0 bridgehead atoms. The van der Waals surface area contributed by atoms with Crippen molar-refractivity contribution in [3.63, 3.8) is 0 Å². The van der Waals surface area contributed by atoms with Gasteiger partial charge in [0.05, 0.1) is 11.1 Å². The lowest BCUT2D eigenvalue weighted by Gasteiger charge is -2.12. The average molecular weight is 299 g/mol. The number of benzene rings is 1. The van der Waals surface area contributed by atoms with Gasteiger partial charge in [0.25, 0.3) is 0 Å². The van der Waals surface area contributed by atoms with Crippen molar-refractivity contribution in [3.8, 4) is 5.75 Å². The summed E-state index contributed by atoms with van der Waals surface area (Å²) in [6.45, 7) is 3.55. The summed E-state index contributed by atoms with van der Waals surface area (Å²) in [4.78, 5) is 0. The maximum absolute atomic E-state index is 9.59. The summed E-state index contributed by atoms with van der Waals surface area (Å²) < 4.78 is 0.724. The lowest BCUT2D eigenvalue weighted by Crippen LogP contribution is -2.07. The van der Waals surface area contributed by atoms with Gasteiger partial charge in [-0.2, -0.15) is 0 Å². The second kappa shape index (κ2) is 5.61. The van der Waals surface area contributed by atoms with Crippen LogP contribution in [0.4, 0.5) is 0 Å². The number of phenolic OH excluding ortho intramolecular Hbond substituents is 1. The molecule has 0 aliphatic rings. The van der Waals surface area contributed by atoms with Crippen molar-refractivity contribution in [2.45, 2.75) is 6.04 Å². The van der Waals surface area contributed by atoms with Crippen molar-refractivity contribution >= 4 is 39.9 Å². The van der Waals surface area contributed by atoms with Crippen molar-refractivity contribution in [2.75, 3.05) is 0 Å². The Morgan fingerprint density at radius 2 is 2.14 bits per heavy atom. The van der Waals surface area contributed by atoms with E-state index in [9.17, 15) is 5.11 Å². The van der Waals surface area contributed by atoms with Crippen LogP contribution in [0.1, 0.15) is 11.6 Å². The van der Waals surface area contributed by atoms with Crippen LogP contribution in [0, 0.1) is 0 Å². The molecule has 0 radical (unpaired) electrons. The zero-order valence-electron chi connectivity index (χ0n) is 7.21. The molecule has 2 nitrogen and oxygen atoms in total. The molecule has 1 rings (SSSR count). The number of hydrogen-bond acceptors (Lipinski definition) is 2. The lowest BCUT2D eigenvalue weighted by atomic mass is 10.1. The highest BCUT2D eigenvalue weighted by Crippen LogP contribution is 2.36. The van der Waals surface area contributed by atoms with Crippen molar-refractivity contribution in [3.05, 3.63) is 39.8 Å². The predicted octanol–water partition coefficient (Wildman–Crippen LogP) is 3.42. The minimum atomic E-state index is -0.423. The van der Waals surface area contributed by atoms with Gasteiger partial charge in [-0.15, -0.1) is 19.0 Å². The van der Waals surface area contributed by atoms with Crippen LogP contribution in [-0.2, 0) is 0 Å². The first-order valence-corrected chi connectivity index (χ1v) is 4.80. The summed E-state index contributed by atoms with van der Waals surface area (Å²) in [5.41, 5.74) is 6.26. The number of rotatable bonds is 2. The summed E-state index contributed by atoms with van der Waals surface area (Å²) in [5, 5.41) is 9.88. The molecule has 0 spiro atoms. The first kappa shape index (κ1) is 13.8. The van der Waals surface area contributed by atoms with Crippen LogP contribution in [0.15, 0.2) is 29.3 Å². The second-order valence-corrected chi connectivity index (χ2v) is 3.81. The molecule has 1 atom stereocenters. The van der Waals surface area contributed by atoms with E-state index in [-0.39, 0.29) is 23.2 Å². The van der Waals surface area contributed by atoms with Gasteiger partial charge in [0.1, 0.15) is 5.75 Å². The molecule has 0 aliphatic carbocycles. The molecule has 0 saturated heterocycles. The third-order valence-electron chi connectivity index (χ3n) is 1.70. The van der Waals surface area contributed by atoms with E-state index in [1.54, 1.807) is 12.1 Å². The van der Waals surface area contributed by atoms with Crippen LogP contribution in [0.5, 0.6) is 5.75 Å². The molecule has 0 unspecified atom stereocenters. The molecule has 78 valence electrons. The summed E-state index contributed by atoms with van der Waals surface area (Å²) in [7, 11) is 0. The first-order chi connectivity index (χ1) is 6.07. The van der Waals surface area contributed by atoms with Gasteiger partial charge in [-0.05, 0) is 12.1 Å². The maximum atomic E-state index is 9.59. The Hall–Kier alpha value is -0.220. The number of nitrogens with two attached hydrogens (primary N) is 1. The fraction of sp³-hybridized carbons (Fsp3) is 0.111. The van der Waals surface area contributed by atoms with E-state index >= 15 is 0 Å². The van der Waals surface area contributed by atoms with E-state index < -0.39 is 6.04 Å². The van der Waals surface area contributed by atoms with E-state index in [1.165, 1.54) is 6.08 Å². The molecule has 5 heteroatoms. The van der Waals surface area contributed by atoms with Gasteiger partial charge in [-0.3, -0.25) is 0 Å². The second-order valence-electron chi connectivity index (χ2n) is 2.55. The SMILES string of the molecule is C=C[C@H](N)c1c(Br)ccc(Cl)c1O.Cl. The molecule has 14 heavy (non-hydrogen) atoms. The van der Waals surface area contributed by atoms with Gasteiger partial charge in [0.2, 0.25) is 0 Å². The quantitative estimate of drug-likeness (QED) is 0.822. The molecular weight excluding hydrogens is 289 g/mol.